The van der Waals surface area contributed by atoms with Gasteiger partial charge in [0, 0.05) is 6.54 Å². The van der Waals surface area contributed by atoms with Crippen LogP contribution < -0.4 is 5.32 Å². The molecule has 0 aromatic carbocycles. The summed E-state index contributed by atoms with van der Waals surface area (Å²) in [6.45, 7) is 6.46. The Morgan fingerprint density at radius 2 is 1.72 bits per heavy atom. The summed E-state index contributed by atoms with van der Waals surface area (Å²) in [4.78, 5) is 0. The Labute approximate surface area is 112 Å². The fourth-order valence-corrected chi connectivity index (χ4v) is 3.53. The molecule has 0 radical (unpaired) electrons. The highest BCUT2D eigenvalue weighted by Gasteiger charge is 2.28. The summed E-state index contributed by atoms with van der Waals surface area (Å²) >= 11 is 0. The lowest BCUT2D eigenvalue weighted by molar-refractivity contribution is -0.0606. The van der Waals surface area contributed by atoms with Crippen LogP contribution in [-0.4, -0.2) is 38.5 Å². The quantitative estimate of drug-likeness (QED) is 0.819. The molecule has 18 heavy (non-hydrogen) atoms. The van der Waals surface area contributed by atoms with Crippen LogP contribution in [0.2, 0.25) is 0 Å². The van der Waals surface area contributed by atoms with Crippen molar-refractivity contribution in [1.82, 2.24) is 5.32 Å². The molecule has 2 aliphatic rings. The van der Waals surface area contributed by atoms with Gasteiger partial charge >= 0.3 is 0 Å². The van der Waals surface area contributed by atoms with Crippen LogP contribution in [0.15, 0.2) is 0 Å². The average Bonchev–Trinajstić information content (AvgIpc) is 2.74. The molecule has 4 atom stereocenters. The normalized spacial score (nSPS) is 41.2. The fraction of sp³-hybridized carbons (Fsp3) is 1.00. The lowest BCUT2D eigenvalue weighted by Gasteiger charge is -2.32. The van der Waals surface area contributed by atoms with Gasteiger partial charge in [0.25, 0.3) is 0 Å². The predicted octanol–water partition coefficient (Wildman–Crippen LogP) is 2.59. The van der Waals surface area contributed by atoms with Gasteiger partial charge in [0.1, 0.15) is 0 Å². The molecule has 1 N–H and O–H groups in total. The summed E-state index contributed by atoms with van der Waals surface area (Å²) in [5, 5.41) is 3.18. The molecule has 3 nitrogen and oxygen atoms in total. The Hall–Kier alpha value is -0.120. The molecule has 0 spiro atoms. The molecule has 1 heterocycles. The van der Waals surface area contributed by atoms with Gasteiger partial charge in [0.15, 0.2) is 0 Å². The van der Waals surface area contributed by atoms with Crippen LogP contribution in [0, 0.1) is 11.8 Å². The molecule has 0 bridgehead atoms. The first kappa shape index (κ1) is 14.3. The van der Waals surface area contributed by atoms with Gasteiger partial charge in [0.2, 0.25) is 0 Å². The number of hydrogen-bond acceptors (Lipinski definition) is 3. The van der Waals surface area contributed by atoms with Crippen molar-refractivity contribution in [3.63, 3.8) is 0 Å². The molecule has 0 aromatic heterocycles. The molecule has 0 amide bonds. The SMILES string of the molecule is CNCC1CCC(COC2CC(C)CC(C)C2)O1. The lowest BCUT2D eigenvalue weighted by atomic mass is 9.82. The van der Waals surface area contributed by atoms with E-state index < -0.39 is 0 Å². The largest absolute Gasteiger partial charge is 0.376 e. The molecule has 4 unspecified atom stereocenters. The fourth-order valence-electron chi connectivity index (χ4n) is 3.53. The van der Waals surface area contributed by atoms with Crippen molar-refractivity contribution in [2.75, 3.05) is 20.2 Å². The zero-order valence-electron chi connectivity index (χ0n) is 12.2. The average molecular weight is 255 g/mol. The lowest BCUT2D eigenvalue weighted by Crippen LogP contribution is -2.30. The third-order valence-corrected chi connectivity index (χ3v) is 4.28. The van der Waals surface area contributed by atoms with Crippen molar-refractivity contribution >= 4 is 0 Å². The summed E-state index contributed by atoms with van der Waals surface area (Å²) in [5.41, 5.74) is 0. The first-order valence-electron chi connectivity index (χ1n) is 7.59. The van der Waals surface area contributed by atoms with Crippen molar-refractivity contribution in [3.8, 4) is 0 Å². The van der Waals surface area contributed by atoms with Gasteiger partial charge < -0.3 is 14.8 Å². The Morgan fingerprint density at radius 1 is 1.06 bits per heavy atom. The number of rotatable bonds is 5. The molecule has 1 aliphatic heterocycles. The monoisotopic (exact) mass is 255 g/mol. The van der Waals surface area contributed by atoms with Crippen molar-refractivity contribution in [2.24, 2.45) is 11.8 Å². The summed E-state index contributed by atoms with van der Waals surface area (Å²) in [5.74, 6) is 1.64. The maximum Gasteiger partial charge on any atom is 0.0814 e. The molecule has 1 saturated heterocycles. The third-order valence-electron chi connectivity index (χ3n) is 4.28. The second kappa shape index (κ2) is 6.88. The van der Waals surface area contributed by atoms with Gasteiger partial charge in [-0.05, 0) is 51.0 Å². The molecule has 106 valence electrons. The van der Waals surface area contributed by atoms with E-state index >= 15 is 0 Å². The number of ether oxygens (including phenoxy) is 2. The van der Waals surface area contributed by atoms with Crippen LogP contribution in [0.3, 0.4) is 0 Å². The molecule has 2 rings (SSSR count). The maximum atomic E-state index is 6.09. The van der Waals surface area contributed by atoms with E-state index in [2.05, 4.69) is 19.2 Å². The van der Waals surface area contributed by atoms with Crippen molar-refractivity contribution < 1.29 is 9.47 Å². The minimum atomic E-state index is 0.330. The maximum absolute atomic E-state index is 6.09. The summed E-state index contributed by atoms with van der Waals surface area (Å²) in [6.07, 6.45) is 7.36. The second-order valence-corrected chi connectivity index (χ2v) is 6.39. The van der Waals surface area contributed by atoms with Gasteiger partial charge in [-0.25, -0.2) is 0 Å². The highest BCUT2D eigenvalue weighted by atomic mass is 16.5. The first-order valence-corrected chi connectivity index (χ1v) is 7.59. The Kier molecular flexibility index (Phi) is 5.46. The van der Waals surface area contributed by atoms with E-state index in [0.717, 1.165) is 31.4 Å². The molecule has 2 fully saturated rings. The number of hydrogen-bond donors (Lipinski definition) is 1. The van der Waals surface area contributed by atoms with Crippen molar-refractivity contribution in [3.05, 3.63) is 0 Å². The molecular weight excluding hydrogens is 226 g/mol. The van der Waals surface area contributed by atoms with Crippen LogP contribution >= 0.6 is 0 Å². The highest BCUT2D eigenvalue weighted by molar-refractivity contribution is 4.78. The van der Waals surface area contributed by atoms with E-state index in [1.807, 2.05) is 7.05 Å². The van der Waals surface area contributed by atoms with Crippen LogP contribution in [0.1, 0.15) is 46.0 Å². The third kappa shape index (κ3) is 4.22. The zero-order valence-corrected chi connectivity index (χ0v) is 12.2. The van der Waals surface area contributed by atoms with E-state index in [1.165, 1.54) is 25.7 Å². The minimum Gasteiger partial charge on any atom is -0.376 e. The molecule has 0 aromatic rings. The first-order chi connectivity index (χ1) is 8.67. The van der Waals surface area contributed by atoms with E-state index in [4.69, 9.17) is 9.47 Å². The van der Waals surface area contributed by atoms with Gasteiger partial charge in [0.05, 0.1) is 24.9 Å². The predicted molar refractivity (Wildman–Crippen MR) is 73.7 cm³/mol. The van der Waals surface area contributed by atoms with Gasteiger partial charge in [-0.3, -0.25) is 0 Å². The second-order valence-electron chi connectivity index (χ2n) is 6.39. The smallest absolute Gasteiger partial charge is 0.0814 e. The Bertz CT molecular complexity index is 237. The van der Waals surface area contributed by atoms with Crippen LogP contribution in [0.4, 0.5) is 0 Å². The summed E-state index contributed by atoms with van der Waals surface area (Å²) in [7, 11) is 1.98. The van der Waals surface area contributed by atoms with E-state index in [1.54, 1.807) is 0 Å². The number of likely N-dealkylation sites (N-methyl/N-ethyl adjacent to an activating group) is 1. The standard InChI is InChI=1S/C15H29NO2/c1-11-6-12(2)8-15(7-11)17-10-14-5-4-13(18-14)9-16-3/h11-16H,4-10H2,1-3H3. The van der Waals surface area contributed by atoms with Gasteiger partial charge in [-0.15, -0.1) is 0 Å². The van der Waals surface area contributed by atoms with E-state index in [9.17, 15) is 0 Å². The van der Waals surface area contributed by atoms with Gasteiger partial charge in [-0.1, -0.05) is 13.8 Å². The molecule has 1 saturated carbocycles. The van der Waals surface area contributed by atoms with Crippen LogP contribution in [0.5, 0.6) is 0 Å². The molecule has 1 aliphatic carbocycles. The Morgan fingerprint density at radius 3 is 2.39 bits per heavy atom. The van der Waals surface area contributed by atoms with Gasteiger partial charge in [-0.2, -0.15) is 0 Å². The zero-order chi connectivity index (χ0) is 13.0. The van der Waals surface area contributed by atoms with Crippen LogP contribution in [-0.2, 0) is 9.47 Å². The Balaban J connectivity index is 1.66. The van der Waals surface area contributed by atoms with Crippen LogP contribution in [0.25, 0.3) is 0 Å². The topological polar surface area (TPSA) is 30.5 Å². The van der Waals surface area contributed by atoms with Crippen molar-refractivity contribution in [2.45, 2.75) is 64.3 Å². The number of nitrogens with one attached hydrogen (secondary N) is 1. The van der Waals surface area contributed by atoms with Crippen molar-refractivity contribution in [1.29, 1.82) is 0 Å². The molecular formula is C15H29NO2. The summed E-state index contributed by atoms with van der Waals surface area (Å²) in [6, 6.07) is 0. The summed E-state index contributed by atoms with van der Waals surface area (Å²) < 4.78 is 12.0. The van der Waals surface area contributed by atoms with E-state index in [0.29, 0.717) is 18.3 Å². The minimum absolute atomic E-state index is 0.330. The van der Waals surface area contributed by atoms with E-state index in [-0.39, 0.29) is 0 Å². The highest BCUT2D eigenvalue weighted by Crippen LogP contribution is 2.31. The molecule has 3 heteroatoms.